The molecule has 4 nitrogen and oxygen atoms in total. The van der Waals surface area contributed by atoms with Crippen LogP contribution in [0.2, 0.25) is 0 Å². The zero-order valence-corrected chi connectivity index (χ0v) is 13.0. The third-order valence-electron chi connectivity index (χ3n) is 3.45. The Morgan fingerprint density at radius 3 is 2.76 bits per heavy atom. The predicted octanol–water partition coefficient (Wildman–Crippen LogP) is 2.66. The van der Waals surface area contributed by atoms with Crippen molar-refractivity contribution in [2.45, 2.75) is 39.2 Å². The molecule has 4 heteroatoms. The summed E-state index contributed by atoms with van der Waals surface area (Å²) in [5.41, 5.74) is 9.17. The van der Waals surface area contributed by atoms with Gasteiger partial charge in [0.25, 0.3) is 0 Å². The maximum absolute atomic E-state index is 6.02. The lowest BCUT2D eigenvalue weighted by atomic mass is 10.1. The van der Waals surface area contributed by atoms with Crippen LogP contribution in [0.3, 0.4) is 0 Å². The van der Waals surface area contributed by atoms with E-state index in [1.54, 1.807) is 7.11 Å². The van der Waals surface area contributed by atoms with E-state index in [4.69, 9.17) is 10.5 Å². The first-order valence-electron chi connectivity index (χ1n) is 7.32. The van der Waals surface area contributed by atoms with Gasteiger partial charge in [-0.05, 0) is 37.1 Å². The van der Waals surface area contributed by atoms with Crippen LogP contribution in [-0.2, 0) is 12.8 Å². The molecule has 2 aromatic rings. The molecule has 0 aliphatic carbocycles. The van der Waals surface area contributed by atoms with Crippen molar-refractivity contribution in [3.05, 3.63) is 53.1 Å². The largest absolute Gasteiger partial charge is 0.497 e. The van der Waals surface area contributed by atoms with Gasteiger partial charge in [0.05, 0.1) is 7.11 Å². The SMILES string of the molecule is CCC(N)Cc1cc(C)nc(Cc2cccc(OC)c2)n1. The van der Waals surface area contributed by atoms with Crippen LogP contribution in [0.4, 0.5) is 0 Å². The molecule has 0 bridgehead atoms. The van der Waals surface area contributed by atoms with Crippen molar-refractivity contribution in [3.63, 3.8) is 0 Å². The maximum Gasteiger partial charge on any atom is 0.133 e. The Morgan fingerprint density at radius 2 is 2.05 bits per heavy atom. The van der Waals surface area contributed by atoms with Crippen LogP contribution in [0.15, 0.2) is 30.3 Å². The normalized spacial score (nSPS) is 12.2. The van der Waals surface area contributed by atoms with Crippen molar-refractivity contribution in [3.8, 4) is 5.75 Å². The van der Waals surface area contributed by atoms with Gasteiger partial charge >= 0.3 is 0 Å². The van der Waals surface area contributed by atoms with Crippen LogP contribution in [0.1, 0.15) is 36.1 Å². The minimum Gasteiger partial charge on any atom is -0.497 e. The molecule has 0 fully saturated rings. The van der Waals surface area contributed by atoms with Crippen LogP contribution in [0, 0.1) is 6.92 Å². The molecule has 1 heterocycles. The Hall–Kier alpha value is -1.94. The fourth-order valence-corrected chi connectivity index (χ4v) is 2.26. The Kier molecular flexibility index (Phi) is 5.28. The average Bonchev–Trinajstić information content (AvgIpc) is 2.46. The van der Waals surface area contributed by atoms with E-state index in [1.165, 1.54) is 0 Å². The second-order valence-electron chi connectivity index (χ2n) is 5.32. The van der Waals surface area contributed by atoms with Crippen molar-refractivity contribution in [1.29, 1.82) is 0 Å². The summed E-state index contributed by atoms with van der Waals surface area (Å²) < 4.78 is 5.25. The van der Waals surface area contributed by atoms with Crippen LogP contribution < -0.4 is 10.5 Å². The number of hydrogen-bond acceptors (Lipinski definition) is 4. The van der Waals surface area contributed by atoms with E-state index in [0.717, 1.165) is 41.4 Å². The van der Waals surface area contributed by atoms with Gasteiger partial charge in [-0.3, -0.25) is 0 Å². The molecule has 1 atom stereocenters. The third-order valence-corrected chi connectivity index (χ3v) is 3.45. The van der Waals surface area contributed by atoms with Gasteiger partial charge < -0.3 is 10.5 Å². The first kappa shape index (κ1) is 15.4. The molecule has 0 spiro atoms. The highest BCUT2D eigenvalue weighted by Crippen LogP contribution is 2.15. The topological polar surface area (TPSA) is 61.0 Å². The first-order valence-corrected chi connectivity index (χ1v) is 7.32. The van der Waals surface area contributed by atoms with Gasteiger partial charge in [0.1, 0.15) is 11.6 Å². The molecule has 2 N–H and O–H groups in total. The van der Waals surface area contributed by atoms with Crippen LogP contribution >= 0.6 is 0 Å². The Balaban J connectivity index is 2.19. The highest BCUT2D eigenvalue weighted by molar-refractivity contribution is 5.30. The molecule has 0 aliphatic heterocycles. The fraction of sp³-hybridized carbons (Fsp3) is 0.412. The molecule has 1 aromatic carbocycles. The van der Waals surface area contributed by atoms with E-state index in [1.807, 2.05) is 31.2 Å². The van der Waals surface area contributed by atoms with E-state index >= 15 is 0 Å². The second-order valence-corrected chi connectivity index (χ2v) is 5.32. The zero-order valence-electron chi connectivity index (χ0n) is 13.0. The molecule has 21 heavy (non-hydrogen) atoms. The average molecular weight is 285 g/mol. The number of aryl methyl sites for hydroxylation is 1. The monoisotopic (exact) mass is 285 g/mol. The molecule has 0 amide bonds. The lowest BCUT2D eigenvalue weighted by Crippen LogP contribution is -2.22. The summed E-state index contributed by atoms with van der Waals surface area (Å²) in [7, 11) is 1.67. The highest BCUT2D eigenvalue weighted by atomic mass is 16.5. The Labute approximate surface area is 126 Å². The number of ether oxygens (including phenoxy) is 1. The summed E-state index contributed by atoms with van der Waals surface area (Å²) >= 11 is 0. The van der Waals surface area contributed by atoms with Gasteiger partial charge in [-0.25, -0.2) is 9.97 Å². The molecule has 1 aromatic heterocycles. The van der Waals surface area contributed by atoms with Gasteiger partial charge in [-0.15, -0.1) is 0 Å². The number of methoxy groups -OCH3 is 1. The number of nitrogens with zero attached hydrogens (tertiary/aromatic N) is 2. The minimum absolute atomic E-state index is 0.156. The number of hydrogen-bond donors (Lipinski definition) is 1. The number of aromatic nitrogens is 2. The Morgan fingerprint density at radius 1 is 1.24 bits per heavy atom. The van der Waals surface area contributed by atoms with E-state index < -0.39 is 0 Å². The molecule has 0 saturated carbocycles. The lowest BCUT2D eigenvalue weighted by Gasteiger charge is -2.10. The van der Waals surface area contributed by atoms with Gasteiger partial charge in [0.2, 0.25) is 0 Å². The summed E-state index contributed by atoms with van der Waals surface area (Å²) in [6.07, 6.45) is 2.45. The van der Waals surface area contributed by atoms with Gasteiger partial charge in [-0.2, -0.15) is 0 Å². The summed E-state index contributed by atoms with van der Waals surface area (Å²) in [5.74, 6) is 1.69. The predicted molar refractivity (Wildman–Crippen MR) is 84.5 cm³/mol. The fourth-order valence-electron chi connectivity index (χ4n) is 2.26. The highest BCUT2D eigenvalue weighted by Gasteiger charge is 2.07. The molecule has 0 saturated heterocycles. The molecule has 112 valence electrons. The van der Waals surface area contributed by atoms with Gasteiger partial charge in [0, 0.05) is 30.3 Å². The van der Waals surface area contributed by atoms with E-state index in [0.29, 0.717) is 6.42 Å². The summed E-state index contributed by atoms with van der Waals surface area (Å²) in [4.78, 5) is 9.17. The summed E-state index contributed by atoms with van der Waals surface area (Å²) in [6.45, 7) is 4.09. The van der Waals surface area contributed by atoms with Gasteiger partial charge in [0.15, 0.2) is 0 Å². The number of rotatable bonds is 6. The smallest absolute Gasteiger partial charge is 0.133 e. The molecule has 1 unspecified atom stereocenters. The summed E-state index contributed by atoms with van der Waals surface area (Å²) in [6, 6.07) is 10.2. The van der Waals surface area contributed by atoms with Crippen molar-refractivity contribution in [1.82, 2.24) is 9.97 Å². The van der Waals surface area contributed by atoms with Crippen molar-refractivity contribution in [2.75, 3.05) is 7.11 Å². The summed E-state index contributed by atoms with van der Waals surface area (Å²) in [5, 5.41) is 0. The van der Waals surface area contributed by atoms with Crippen LogP contribution in [0.5, 0.6) is 5.75 Å². The van der Waals surface area contributed by atoms with Crippen molar-refractivity contribution >= 4 is 0 Å². The molecule has 2 rings (SSSR count). The van der Waals surface area contributed by atoms with E-state index in [-0.39, 0.29) is 6.04 Å². The standard InChI is InChI=1S/C17H23N3O/c1-4-14(18)11-15-8-12(2)19-17(20-15)10-13-6-5-7-16(9-13)21-3/h5-9,14H,4,10-11,18H2,1-3H3. The molecule has 0 radical (unpaired) electrons. The van der Waals surface area contributed by atoms with Crippen LogP contribution in [-0.4, -0.2) is 23.1 Å². The first-order chi connectivity index (χ1) is 10.1. The molecule has 0 aliphatic rings. The molecular formula is C17H23N3O. The lowest BCUT2D eigenvalue weighted by molar-refractivity contribution is 0.414. The number of nitrogens with two attached hydrogens (primary N) is 1. The molecular weight excluding hydrogens is 262 g/mol. The zero-order chi connectivity index (χ0) is 15.2. The van der Waals surface area contributed by atoms with E-state index in [2.05, 4.69) is 23.0 Å². The maximum atomic E-state index is 6.02. The van der Waals surface area contributed by atoms with E-state index in [9.17, 15) is 0 Å². The van der Waals surface area contributed by atoms with Crippen molar-refractivity contribution < 1.29 is 4.74 Å². The van der Waals surface area contributed by atoms with Crippen LogP contribution in [0.25, 0.3) is 0 Å². The minimum atomic E-state index is 0.156. The second kappa shape index (κ2) is 7.18. The van der Waals surface area contributed by atoms with Crippen molar-refractivity contribution in [2.24, 2.45) is 5.73 Å². The third kappa shape index (κ3) is 4.53. The quantitative estimate of drug-likeness (QED) is 0.886. The van der Waals surface area contributed by atoms with Gasteiger partial charge in [-0.1, -0.05) is 19.1 Å². The Bertz CT molecular complexity index is 598. The number of benzene rings is 1.